The number of hydrogen-bond acceptors (Lipinski definition) is 5. The number of carbonyl (C=O) groups excluding carboxylic acids is 1. The zero-order chi connectivity index (χ0) is 13.9. The summed E-state index contributed by atoms with van der Waals surface area (Å²) in [6, 6.07) is 3.81. The Hall–Kier alpha value is -1.79. The van der Waals surface area contributed by atoms with Gasteiger partial charge in [0, 0.05) is 31.0 Å². The van der Waals surface area contributed by atoms with Gasteiger partial charge in [0.15, 0.2) is 0 Å². The number of nitrogens with zero attached hydrogens (tertiary/aromatic N) is 3. The van der Waals surface area contributed by atoms with E-state index in [0.29, 0.717) is 26.3 Å². The lowest BCUT2D eigenvalue weighted by molar-refractivity contribution is 0.0305. The highest BCUT2D eigenvalue weighted by Crippen LogP contribution is 2.28. The smallest absolute Gasteiger partial charge is 0.266 e. The van der Waals surface area contributed by atoms with Crippen molar-refractivity contribution in [1.82, 2.24) is 14.9 Å². The molecule has 3 heterocycles. The minimum absolute atomic E-state index is 0.0589. The monoisotopic (exact) mass is 289 g/mol. The largest absolute Gasteiger partial charge is 0.378 e. The zero-order valence-corrected chi connectivity index (χ0v) is 12.0. The van der Waals surface area contributed by atoms with Gasteiger partial charge in [-0.1, -0.05) is 0 Å². The van der Waals surface area contributed by atoms with Crippen molar-refractivity contribution in [1.29, 1.82) is 0 Å². The standard InChI is InChI=1S/C14H15N3O2S/c1-10-12(14(18)17-6-8-19-9-7-17)20-13(16-10)11-2-4-15-5-3-11/h2-5H,6-9H2,1H3. The van der Waals surface area contributed by atoms with E-state index in [9.17, 15) is 4.79 Å². The van der Waals surface area contributed by atoms with Crippen LogP contribution in [-0.2, 0) is 4.74 Å². The van der Waals surface area contributed by atoms with Gasteiger partial charge in [-0.3, -0.25) is 9.78 Å². The second-order valence-electron chi connectivity index (χ2n) is 4.57. The number of rotatable bonds is 2. The molecule has 0 saturated carbocycles. The van der Waals surface area contributed by atoms with Gasteiger partial charge >= 0.3 is 0 Å². The normalized spacial score (nSPS) is 15.3. The highest BCUT2D eigenvalue weighted by atomic mass is 32.1. The number of pyridine rings is 1. The molecule has 1 aliphatic rings. The van der Waals surface area contributed by atoms with Crippen LogP contribution < -0.4 is 0 Å². The van der Waals surface area contributed by atoms with Crippen LogP contribution in [0.15, 0.2) is 24.5 Å². The fourth-order valence-electron chi connectivity index (χ4n) is 2.12. The molecule has 5 nitrogen and oxygen atoms in total. The average molecular weight is 289 g/mol. The van der Waals surface area contributed by atoms with Gasteiger partial charge in [-0.2, -0.15) is 0 Å². The molecule has 1 fully saturated rings. The van der Waals surface area contributed by atoms with Crippen LogP contribution in [0, 0.1) is 6.92 Å². The molecule has 1 saturated heterocycles. The summed E-state index contributed by atoms with van der Waals surface area (Å²) in [5, 5.41) is 0.863. The molecular formula is C14H15N3O2S. The average Bonchev–Trinajstić information content (AvgIpc) is 2.90. The van der Waals surface area contributed by atoms with Gasteiger partial charge in [0.25, 0.3) is 5.91 Å². The second kappa shape index (κ2) is 5.68. The van der Waals surface area contributed by atoms with E-state index in [1.165, 1.54) is 11.3 Å². The van der Waals surface area contributed by atoms with Gasteiger partial charge < -0.3 is 9.64 Å². The summed E-state index contributed by atoms with van der Waals surface area (Å²) in [4.78, 5) is 23.6. The molecule has 0 aliphatic carbocycles. The first-order valence-electron chi connectivity index (χ1n) is 6.50. The highest BCUT2D eigenvalue weighted by molar-refractivity contribution is 7.17. The Kier molecular flexibility index (Phi) is 3.75. The fraction of sp³-hybridized carbons (Fsp3) is 0.357. The Bertz CT molecular complexity index is 606. The van der Waals surface area contributed by atoms with Crippen molar-refractivity contribution in [2.24, 2.45) is 0 Å². The maximum Gasteiger partial charge on any atom is 0.266 e. The van der Waals surface area contributed by atoms with Crippen LogP contribution in [0.25, 0.3) is 10.6 Å². The van der Waals surface area contributed by atoms with E-state index < -0.39 is 0 Å². The predicted molar refractivity (Wildman–Crippen MR) is 76.8 cm³/mol. The van der Waals surface area contributed by atoms with Crippen molar-refractivity contribution in [3.8, 4) is 10.6 Å². The molecular weight excluding hydrogens is 274 g/mol. The third-order valence-electron chi connectivity index (χ3n) is 3.22. The molecule has 0 bridgehead atoms. The lowest BCUT2D eigenvalue weighted by atomic mass is 10.3. The van der Waals surface area contributed by atoms with Crippen LogP contribution in [0.1, 0.15) is 15.4 Å². The molecule has 0 N–H and O–H groups in total. The summed E-state index contributed by atoms with van der Waals surface area (Å²) >= 11 is 1.44. The summed E-state index contributed by atoms with van der Waals surface area (Å²) in [7, 11) is 0. The van der Waals surface area contributed by atoms with E-state index in [1.54, 1.807) is 12.4 Å². The number of carbonyl (C=O) groups is 1. The molecule has 0 spiro atoms. The Morgan fingerprint density at radius 2 is 2.00 bits per heavy atom. The molecule has 6 heteroatoms. The fourth-order valence-corrected chi connectivity index (χ4v) is 3.16. The van der Waals surface area contributed by atoms with Crippen LogP contribution in [0.2, 0.25) is 0 Å². The number of aryl methyl sites for hydroxylation is 1. The maximum atomic E-state index is 12.5. The Balaban J connectivity index is 1.87. The molecule has 0 radical (unpaired) electrons. The van der Waals surface area contributed by atoms with E-state index in [1.807, 2.05) is 24.0 Å². The van der Waals surface area contributed by atoms with Crippen molar-refractivity contribution in [2.75, 3.05) is 26.3 Å². The number of hydrogen-bond donors (Lipinski definition) is 0. The summed E-state index contributed by atoms with van der Waals surface area (Å²) in [5.41, 5.74) is 1.78. The SMILES string of the molecule is Cc1nc(-c2ccncc2)sc1C(=O)N1CCOCC1. The molecule has 0 atom stereocenters. The second-order valence-corrected chi connectivity index (χ2v) is 5.57. The Morgan fingerprint density at radius 1 is 1.30 bits per heavy atom. The van der Waals surface area contributed by atoms with Gasteiger partial charge in [-0.05, 0) is 19.1 Å². The highest BCUT2D eigenvalue weighted by Gasteiger charge is 2.23. The minimum Gasteiger partial charge on any atom is -0.378 e. The third-order valence-corrected chi connectivity index (χ3v) is 4.41. The van der Waals surface area contributed by atoms with Gasteiger partial charge in [0.1, 0.15) is 9.88 Å². The van der Waals surface area contributed by atoms with Crippen LogP contribution in [0.3, 0.4) is 0 Å². The summed E-state index contributed by atoms with van der Waals surface area (Å²) < 4.78 is 5.28. The maximum absolute atomic E-state index is 12.5. The molecule has 2 aromatic rings. The minimum atomic E-state index is 0.0589. The molecule has 0 aromatic carbocycles. The topological polar surface area (TPSA) is 55.3 Å². The van der Waals surface area contributed by atoms with Crippen molar-refractivity contribution in [3.63, 3.8) is 0 Å². The molecule has 0 unspecified atom stereocenters. The van der Waals surface area contributed by atoms with Crippen LogP contribution >= 0.6 is 11.3 Å². The molecule has 1 aliphatic heterocycles. The van der Waals surface area contributed by atoms with Gasteiger partial charge in [-0.25, -0.2) is 4.98 Å². The molecule has 104 valence electrons. The summed E-state index contributed by atoms with van der Waals surface area (Å²) in [5.74, 6) is 0.0589. The quantitative estimate of drug-likeness (QED) is 0.848. The number of thiazole rings is 1. The summed E-state index contributed by atoms with van der Waals surface area (Å²) in [6.07, 6.45) is 3.46. The van der Waals surface area contributed by atoms with Crippen molar-refractivity contribution in [2.45, 2.75) is 6.92 Å². The number of ether oxygens (including phenoxy) is 1. The molecule has 20 heavy (non-hydrogen) atoms. The van der Waals surface area contributed by atoms with Crippen molar-refractivity contribution >= 4 is 17.2 Å². The lowest BCUT2D eigenvalue weighted by Gasteiger charge is -2.26. The molecule has 3 rings (SSSR count). The summed E-state index contributed by atoms with van der Waals surface area (Å²) in [6.45, 7) is 4.41. The van der Waals surface area contributed by atoms with E-state index in [2.05, 4.69) is 9.97 Å². The number of aromatic nitrogens is 2. The zero-order valence-electron chi connectivity index (χ0n) is 11.2. The van der Waals surface area contributed by atoms with Gasteiger partial charge in [-0.15, -0.1) is 11.3 Å². The van der Waals surface area contributed by atoms with Crippen molar-refractivity contribution < 1.29 is 9.53 Å². The first-order chi connectivity index (χ1) is 9.75. The van der Waals surface area contributed by atoms with Crippen LogP contribution in [0.4, 0.5) is 0 Å². The molecule has 2 aromatic heterocycles. The van der Waals surface area contributed by atoms with Crippen LogP contribution in [-0.4, -0.2) is 47.1 Å². The number of amides is 1. The van der Waals surface area contributed by atoms with E-state index >= 15 is 0 Å². The van der Waals surface area contributed by atoms with E-state index in [-0.39, 0.29) is 5.91 Å². The van der Waals surface area contributed by atoms with Crippen LogP contribution in [0.5, 0.6) is 0 Å². The van der Waals surface area contributed by atoms with Crippen molar-refractivity contribution in [3.05, 3.63) is 35.1 Å². The van der Waals surface area contributed by atoms with Gasteiger partial charge in [0.2, 0.25) is 0 Å². The van der Waals surface area contributed by atoms with E-state index in [0.717, 1.165) is 21.1 Å². The Morgan fingerprint density at radius 3 is 2.70 bits per heavy atom. The van der Waals surface area contributed by atoms with Gasteiger partial charge in [0.05, 0.1) is 18.9 Å². The first kappa shape index (κ1) is 13.2. The van der Waals surface area contributed by atoms with E-state index in [4.69, 9.17) is 4.74 Å². The molecule has 1 amide bonds. The lowest BCUT2D eigenvalue weighted by Crippen LogP contribution is -2.40. The predicted octanol–water partition coefficient (Wildman–Crippen LogP) is 1.99. The number of morpholine rings is 1. The first-order valence-corrected chi connectivity index (χ1v) is 7.32. The third kappa shape index (κ3) is 2.57. The Labute approximate surface area is 121 Å².